The molecule has 0 bridgehead atoms. The molecule has 0 fully saturated rings. The summed E-state index contributed by atoms with van der Waals surface area (Å²) in [4.78, 5) is 0. The molecule has 3 rings (SSSR count). The first-order valence-electron chi connectivity index (χ1n) is 13.2. The van der Waals surface area contributed by atoms with Gasteiger partial charge in [-0.2, -0.15) is 0 Å². The number of ether oxygens (including phenoxy) is 2. The average Bonchev–Trinajstić information content (AvgIpc) is 2.95. The highest BCUT2D eigenvalue weighted by Crippen LogP contribution is 2.32. The van der Waals surface area contributed by atoms with Crippen molar-refractivity contribution in [2.75, 3.05) is 13.2 Å². The number of benzene rings is 3. The quantitative estimate of drug-likeness (QED) is 0.292. The van der Waals surface area contributed by atoms with Crippen LogP contribution in [0.3, 0.4) is 0 Å². The summed E-state index contributed by atoms with van der Waals surface area (Å²) in [5, 5.41) is 0. The van der Waals surface area contributed by atoms with Crippen molar-refractivity contribution in [3.8, 4) is 11.5 Å². The maximum atomic E-state index is 5.53. The van der Waals surface area contributed by atoms with E-state index >= 15 is 0 Å². The van der Waals surface area contributed by atoms with Crippen molar-refractivity contribution in [2.45, 2.75) is 67.7 Å². The number of aryl methyl sites for hydroxylation is 1. The summed E-state index contributed by atoms with van der Waals surface area (Å²) in [6.07, 6.45) is 3.48. The predicted octanol–water partition coefficient (Wildman–Crippen LogP) is 10.2. The normalized spacial score (nSPS) is 9.14. The molecule has 0 saturated heterocycles. The van der Waals surface area contributed by atoms with Crippen molar-refractivity contribution in [1.29, 1.82) is 0 Å². The van der Waals surface area contributed by atoms with Crippen LogP contribution in [0.5, 0.6) is 11.5 Å². The molecular formula is C34H50O2. The number of hydrogen-bond acceptors (Lipinski definition) is 2. The zero-order chi connectivity index (χ0) is 27.8. The number of para-hydroxylation sites is 1. The Labute approximate surface area is 222 Å². The van der Waals surface area contributed by atoms with Gasteiger partial charge >= 0.3 is 0 Å². The second-order valence-electron chi connectivity index (χ2n) is 7.53. The summed E-state index contributed by atoms with van der Waals surface area (Å²) in [5.41, 5.74) is 3.90. The molecule has 0 heterocycles. The molecule has 0 aromatic heterocycles. The van der Waals surface area contributed by atoms with Crippen molar-refractivity contribution < 1.29 is 9.47 Å². The Morgan fingerprint density at radius 1 is 0.611 bits per heavy atom. The molecule has 3 aromatic rings. The van der Waals surface area contributed by atoms with Gasteiger partial charge in [0.2, 0.25) is 0 Å². The zero-order valence-corrected chi connectivity index (χ0v) is 24.3. The molecule has 0 N–H and O–H groups in total. The Hall–Kier alpha value is -3.26. The van der Waals surface area contributed by atoms with Crippen molar-refractivity contribution in [3.63, 3.8) is 0 Å². The molecule has 0 unspecified atom stereocenters. The minimum Gasteiger partial charge on any atom is -0.490 e. The SMILES string of the molecule is C=CCOc1ccc(C(C)(C)c2cccc(C)c2)cc1.C=CCOc1ccccc1.CC.CC.CC. The maximum absolute atomic E-state index is 5.53. The monoisotopic (exact) mass is 490 g/mol. The van der Waals surface area contributed by atoms with Crippen molar-refractivity contribution in [3.05, 3.63) is 121 Å². The molecule has 0 radical (unpaired) electrons. The van der Waals surface area contributed by atoms with E-state index in [1.54, 1.807) is 12.2 Å². The van der Waals surface area contributed by atoms with Crippen LogP contribution in [-0.2, 0) is 5.41 Å². The van der Waals surface area contributed by atoms with Crippen LogP contribution in [0, 0.1) is 6.92 Å². The first-order chi connectivity index (χ1) is 17.5. The fourth-order valence-corrected chi connectivity index (χ4v) is 3.00. The molecule has 0 atom stereocenters. The number of hydrogen-bond donors (Lipinski definition) is 0. The van der Waals surface area contributed by atoms with E-state index in [1.165, 1.54) is 16.7 Å². The minimum absolute atomic E-state index is 0.0109. The van der Waals surface area contributed by atoms with Gasteiger partial charge in [0.15, 0.2) is 0 Å². The largest absolute Gasteiger partial charge is 0.490 e. The topological polar surface area (TPSA) is 18.5 Å². The molecule has 0 aliphatic rings. The van der Waals surface area contributed by atoms with Gasteiger partial charge < -0.3 is 9.47 Å². The van der Waals surface area contributed by atoms with Gasteiger partial charge in [-0.25, -0.2) is 0 Å². The van der Waals surface area contributed by atoms with E-state index in [0.29, 0.717) is 13.2 Å². The Balaban J connectivity index is 0. The minimum atomic E-state index is -0.0109. The van der Waals surface area contributed by atoms with Gasteiger partial charge in [-0.1, -0.05) is 141 Å². The Morgan fingerprint density at radius 3 is 1.53 bits per heavy atom. The highest BCUT2D eigenvalue weighted by Gasteiger charge is 2.22. The Kier molecular flexibility index (Phi) is 21.5. The van der Waals surface area contributed by atoms with E-state index in [9.17, 15) is 0 Å². The van der Waals surface area contributed by atoms with E-state index in [-0.39, 0.29) is 5.41 Å². The molecule has 2 nitrogen and oxygen atoms in total. The van der Waals surface area contributed by atoms with Crippen molar-refractivity contribution in [2.24, 2.45) is 0 Å². The molecule has 2 heteroatoms. The molecule has 0 aliphatic carbocycles. The van der Waals surface area contributed by atoms with Crippen LogP contribution < -0.4 is 9.47 Å². The van der Waals surface area contributed by atoms with Crippen LogP contribution in [0.2, 0.25) is 0 Å². The molecule has 0 amide bonds. The van der Waals surface area contributed by atoms with E-state index in [1.807, 2.05) is 84.0 Å². The van der Waals surface area contributed by atoms with Crippen LogP contribution >= 0.6 is 0 Å². The second kappa shape index (κ2) is 22.2. The second-order valence-corrected chi connectivity index (χ2v) is 7.53. The van der Waals surface area contributed by atoms with Crippen LogP contribution in [0.4, 0.5) is 0 Å². The third kappa shape index (κ3) is 13.6. The lowest BCUT2D eigenvalue weighted by molar-refractivity contribution is 0.363. The lowest BCUT2D eigenvalue weighted by atomic mass is 9.78. The molecule has 3 aromatic carbocycles. The Bertz CT molecular complexity index is 909. The van der Waals surface area contributed by atoms with Gasteiger partial charge in [0.05, 0.1) is 0 Å². The third-order valence-corrected chi connectivity index (χ3v) is 4.79. The van der Waals surface area contributed by atoms with Gasteiger partial charge in [-0.05, 0) is 42.3 Å². The molecule has 198 valence electrons. The van der Waals surface area contributed by atoms with Gasteiger partial charge in [0, 0.05) is 5.41 Å². The van der Waals surface area contributed by atoms with Crippen molar-refractivity contribution in [1.82, 2.24) is 0 Å². The van der Waals surface area contributed by atoms with Gasteiger partial charge in [0.25, 0.3) is 0 Å². The fraction of sp³-hybridized carbons (Fsp3) is 0.353. The predicted molar refractivity (Wildman–Crippen MR) is 162 cm³/mol. The highest BCUT2D eigenvalue weighted by atomic mass is 16.5. The molecule has 0 aliphatic heterocycles. The van der Waals surface area contributed by atoms with E-state index in [4.69, 9.17) is 9.47 Å². The lowest BCUT2D eigenvalue weighted by Gasteiger charge is -2.26. The number of rotatable bonds is 8. The molecule has 0 saturated carbocycles. The summed E-state index contributed by atoms with van der Waals surface area (Å²) in [7, 11) is 0. The van der Waals surface area contributed by atoms with E-state index in [2.05, 4.69) is 70.3 Å². The summed E-state index contributed by atoms with van der Waals surface area (Å²) in [6.45, 7) is 27.0. The van der Waals surface area contributed by atoms with Gasteiger partial charge in [-0.3, -0.25) is 0 Å². The standard InChI is InChI=1S/C19H22O.C9H10O.3C2H6/c1-5-13-20-18-11-9-16(10-12-18)19(3,4)17-8-6-7-15(2)14-17;1-2-8-10-9-6-4-3-5-7-9;3*1-2/h5-12,14H,1,13H2,2-4H3;2-7H,1,8H2;3*1-2H3. The lowest BCUT2D eigenvalue weighted by Crippen LogP contribution is -2.18. The first-order valence-corrected chi connectivity index (χ1v) is 13.2. The van der Waals surface area contributed by atoms with Crippen LogP contribution in [0.1, 0.15) is 72.1 Å². The molecule has 36 heavy (non-hydrogen) atoms. The van der Waals surface area contributed by atoms with Gasteiger partial charge in [0.1, 0.15) is 24.7 Å². The average molecular weight is 491 g/mol. The molecular weight excluding hydrogens is 440 g/mol. The van der Waals surface area contributed by atoms with Crippen molar-refractivity contribution >= 4 is 0 Å². The van der Waals surface area contributed by atoms with Crippen LogP contribution in [0.25, 0.3) is 0 Å². The first kappa shape index (κ1) is 34.9. The highest BCUT2D eigenvalue weighted by molar-refractivity contribution is 5.41. The van der Waals surface area contributed by atoms with E-state index in [0.717, 1.165) is 11.5 Å². The smallest absolute Gasteiger partial charge is 0.119 e. The third-order valence-electron chi connectivity index (χ3n) is 4.79. The van der Waals surface area contributed by atoms with E-state index < -0.39 is 0 Å². The van der Waals surface area contributed by atoms with Gasteiger partial charge in [-0.15, -0.1) is 0 Å². The van der Waals surface area contributed by atoms with Crippen LogP contribution in [-0.4, -0.2) is 13.2 Å². The molecule has 0 spiro atoms. The fourth-order valence-electron chi connectivity index (χ4n) is 3.00. The van der Waals surface area contributed by atoms with Crippen LogP contribution in [0.15, 0.2) is 104 Å². The summed E-state index contributed by atoms with van der Waals surface area (Å²) in [6, 6.07) is 26.7. The zero-order valence-electron chi connectivity index (χ0n) is 24.3. The summed E-state index contributed by atoms with van der Waals surface area (Å²) < 4.78 is 10.8. The summed E-state index contributed by atoms with van der Waals surface area (Å²) in [5.74, 6) is 1.77. The Morgan fingerprint density at radius 2 is 1.08 bits per heavy atom. The summed E-state index contributed by atoms with van der Waals surface area (Å²) >= 11 is 0. The maximum Gasteiger partial charge on any atom is 0.119 e.